The number of rotatable bonds is 3. The molecule has 0 aliphatic rings. The molecule has 0 aliphatic heterocycles. The van der Waals surface area contributed by atoms with Crippen molar-refractivity contribution in [3.05, 3.63) is 41.8 Å². The van der Waals surface area contributed by atoms with Crippen molar-refractivity contribution < 1.29 is 18.8 Å². The Kier molecular flexibility index (Phi) is 3.46. The Balaban J connectivity index is 2.26. The molecule has 0 atom stereocenters. The molecule has 0 bridgehead atoms. The Morgan fingerprint density at radius 1 is 1.37 bits per heavy atom. The van der Waals surface area contributed by atoms with Gasteiger partial charge in [-0.05, 0) is 12.1 Å². The summed E-state index contributed by atoms with van der Waals surface area (Å²) in [5.74, 6) is -1.06. The van der Waals surface area contributed by atoms with Crippen LogP contribution in [-0.4, -0.2) is 24.1 Å². The molecule has 3 N–H and O–H groups in total. The zero-order valence-corrected chi connectivity index (χ0v) is 10.0. The molecule has 0 unspecified atom stereocenters. The van der Waals surface area contributed by atoms with Gasteiger partial charge >= 0.3 is 5.97 Å². The average molecular weight is 261 g/mol. The van der Waals surface area contributed by atoms with Gasteiger partial charge in [-0.1, -0.05) is 11.2 Å². The zero-order chi connectivity index (χ0) is 13.8. The van der Waals surface area contributed by atoms with E-state index >= 15 is 0 Å². The van der Waals surface area contributed by atoms with Crippen LogP contribution in [0.4, 0.5) is 11.4 Å². The van der Waals surface area contributed by atoms with E-state index in [2.05, 4.69) is 19.7 Å². The summed E-state index contributed by atoms with van der Waals surface area (Å²) >= 11 is 0. The normalized spacial score (nSPS) is 9.95. The number of hydrogen-bond donors (Lipinski definition) is 2. The molecule has 98 valence electrons. The lowest BCUT2D eigenvalue weighted by Crippen LogP contribution is -2.15. The number of aromatic nitrogens is 1. The predicted octanol–water partition coefficient (Wildman–Crippen LogP) is 1.30. The Morgan fingerprint density at radius 3 is 2.79 bits per heavy atom. The van der Waals surface area contributed by atoms with Crippen molar-refractivity contribution in [1.29, 1.82) is 0 Å². The third-order valence-corrected chi connectivity index (χ3v) is 2.43. The Labute approximate surface area is 108 Å². The molecule has 0 saturated carbocycles. The highest BCUT2D eigenvalue weighted by Crippen LogP contribution is 2.23. The first-order valence-electron chi connectivity index (χ1n) is 5.32. The zero-order valence-electron chi connectivity index (χ0n) is 10.0. The van der Waals surface area contributed by atoms with E-state index in [1.54, 1.807) is 12.1 Å². The molecular formula is C12H11N3O4. The summed E-state index contributed by atoms with van der Waals surface area (Å²) in [6.07, 6.45) is 1.28. The lowest BCUT2D eigenvalue weighted by atomic mass is 10.1. The van der Waals surface area contributed by atoms with Crippen molar-refractivity contribution in [2.75, 3.05) is 18.2 Å². The number of ether oxygens (including phenoxy) is 1. The van der Waals surface area contributed by atoms with Crippen molar-refractivity contribution in [1.82, 2.24) is 5.16 Å². The van der Waals surface area contributed by atoms with E-state index < -0.39 is 11.9 Å². The lowest BCUT2D eigenvalue weighted by molar-refractivity contribution is 0.0601. The van der Waals surface area contributed by atoms with Gasteiger partial charge in [-0.3, -0.25) is 4.79 Å². The number of para-hydroxylation sites is 1. The number of amides is 1. The van der Waals surface area contributed by atoms with E-state index in [-0.39, 0.29) is 16.9 Å². The number of benzene rings is 1. The molecule has 1 heterocycles. The first kappa shape index (κ1) is 12.6. The Bertz CT molecular complexity index is 607. The number of nitrogen functional groups attached to an aromatic ring is 1. The second-order valence-electron chi connectivity index (χ2n) is 3.60. The minimum Gasteiger partial charge on any atom is -0.465 e. The van der Waals surface area contributed by atoms with Gasteiger partial charge in [0.2, 0.25) is 0 Å². The van der Waals surface area contributed by atoms with E-state index in [0.29, 0.717) is 5.69 Å². The Morgan fingerprint density at radius 2 is 2.16 bits per heavy atom. The maximum atomic E-state index is 11.8. The van der Waals surface area contributed by atoms with Gasteiger partial charge < -0.3 is 20.3 Å². The maximum Gasteiger partial charge on any atom is 0.340 e. The highest BCUT2D eigenvalue weighted by Gasteiger charge is 2.15. The molecule has 7 nitrogen and oxygen atoms in total. The van der Waals surface area contributed by atoms with Crippen LogP contribution in [-0.2, 0) is 4.74 Å². The van der Waals surface area contributed by atoms with Gasteiger partial charge in [-0.15, -0.1) is 0 Å². The summed E-state index contributed by atoms with van der Waals surface area (Å²) in [4.78, 5) is 23.2. The fraction of sp³-hybridized carbons (Fsp3) is 0.0833. The molecule has 0 spiro atoms. The van der Waals surface area contributed by atoms with Crippen molar-refractivity contribution in [2.24, 2.45) is 0 Å². The smallest absolute Gasteiger partial charge is 0.340 e. The summed E-state index contributed by atoms with van der Waals surface area (Å²) in [6.45, 7) is 0. The number of anilines is 2. The molecule has 2 aromatic rings. The van der Waals surface area contributed by atoms with Crippen molar-refractivity contribution >= 4 is 23.3 Å². The highest BCUT2D eigenvalue weighted by atomic mass is 16.5. The van der Waals surface area contributed by atoms with Crippen LogP contribution < -0.4 is 11.1 Å². The van der Waals surface area contributed by atoms with Crippen molar-refractivity contribution in [3.63, 3.8) is 0 Å². The molecule has 0 aliphatic carbocycles. The third kappa shape index (κ3) is 2.54. The number of carbonyl (C=O) groups excluding carboxylic acids is 2. The SMILES string of the molecule is COC(=O)c1cccc(NC(=O)c2ccon2)c1N. The van der Waals surface area contributed by atoms with E-state index in [0.717, 1.165) is 0 Å². The summed E-state index contributed by atoms with van der Waals surface area (Å²) < 4.78 is 9.16. The molecule has 7 heteroatoms. The second kappa shape index (κ2) is 5.21. The van der Waals surface area contributed by atoms with Crippen LogP contribution in [0.1, 0.15) is 20.8 Å². The maximum absolute atomic E-state index is 11.8. The van der Waals surface area contributed by atoms with Crippen LogP contribution in [0.25, 0.3) is 0 Å². The minimum absolute atomic E-state index is 0.114. The molecule has 0 fully saturated rings. The van der Waals surface area contributed by atoms with Crippen molar-refractivity contribution in [3.8, 4) is 0 Å². The number of methoxy groups -OCH3 is 1. The quantitative estimate of drug-likeness (QED) is 0.636. The van der Waals surface area contributed by atoms with Crippen LogP contribution in [0.15, 0.2) is 35.1 Å². The first-order valence-corrected chi connectivity index (χ1v) is 5.32. The Hall–Kier alpha value is -2.83. The van der Waals surface area contributed by atoms with Gasteiger partial charge in [0, 0.05) is 6.07 Å². The third-order valence-electron chi connectivity index (χ3n) is 2.43. The summed E-state index contributed by atoms with van der Waals surface area (Å²) in [7, 11) is 1.25. The molecule has 2 rings (SSSR count). The minimum atomic E-state index is -0.574. The largest absolute Gasteiger partial charge is 0.465 e. The molecule has 19 heavy (non-hydrogen) atoms. The summed E-state index contributed by atoms with van der Waals surface area (Å²) in [5, 5.41) is 6.03. The fourth-order valence-electron chi connectivity index (χ4n) is 1.48. The fourth-order valence-corrected chi connectivity index (χ4v) is 1.48. The topological polar surface area (TPSA) is 107 Å². The van der Waals surface area contributed by atoms with Crippen LogP contribution >= 0.6 is 0 Å². The number of nitrogens with one attached hydrogen (secondary N) is 1. The highest BCUT2D eigenvalue weighted by molar-refractivity contribution is 6.07. The number of carbonyl (C=O) groups is 2. The van der Waals surface area contributed by atoms with Gasteiger partial charge in [0.25, 0.3) is 5.91 Å². The predicted molar refractivity (Wildman–Crippen MR) is 66.7 cm³/mol. The first-order chi connectivity index (χ1) is 9.13. The van der Waals surface area contributed by atoms with Crippen LogP contribution in [0.5, 0.6) is 0 Å². The van der Waals surface area contributed by atoms with E-state index in [1.807, 2.05) is 0 Å². The summed E-state index contributed by atoms with van der Waals surface area (Å²) in [5.41, 5.74) is 6.53. The number of hydrogen-bond acceptors (Lipinski definition) is 6. The summed E-state index contributed by atoms with van der Waals surface area (Å²) in [6, 6.07) is 6.07. The van der Waals surface area contributed by atoms with Gasteiger partial charge in [0.05, 0.1) is 24.0 Å². The van der Waals surface area contributed by atoms with Crippen LogP contribution in [0.3, 0.4) is 0 Å². The van der Waals surface area contributed by atoms with E-state index in [1.165, 1.54) is 25.5 Å². The molecule has 1 aromatic carbocycles. The molecular weight excluding hydrogens is 250 g/mol. The number of nitrogens with two attached hydrogens (primary N) is 1. The monoisotopic (exact) mass is 261 g/mol. The number of esters is 1. The molecule has 0 radical (unpaired) electrons. The average Bonchev–Trinajstić information content (AvgIpc) is 2.94. The second-order valence-corrected chi connectivity index (χ2v) is 3.60. The molecule has 1 amide bonds. The van der Waals surface area contributed by atoms with Crippen molar-refractivity contribution in [2.45, 2.75) is 0 Å². The van der Waals surface area contributed by atoms with Gasteiger partial charge in [-0.25, -0.2) is 4.79 Å². The molecule has 1 aromatic heterocycles. The van der Waals surface area contributed by atoms with E-state index in [4.69, 9.17) is 5.73 Å². The molecule has 0 saturated heterocycles. The van der Waals surface area contributed by atoms with Gasteiger partial charge in [0.1, 0.15) is 6.26 Å². The van der Waals surface area contributed by atoms with E-state index in [9.17, 15) is 9.59 Å². The lowest BCUT2D eigenvalue weighted by Gasteiger charge is -2.09. The van der Waals surface area contributed by atoms with Crippen LogP contribution in [0, 0.1) is 0 Å². The van der Waals surface area contributed by atoms with Gasteiger partial charge in [0.15, 0.2) is 5.69 Å². The van der Waals surface area contributed by atoms with Crippen LogP contribution in [0.2, 0.25) is 0 Å². The standard InChI is InChI=1S/C12H11N3O4/c1-18-12(17)7-3-2-4-8(10(7)13)14-11(16)9-5-6-19-15-9/h2-6H,13H2,1H3,(H,14,16). The van der Waals surface area contributed by atoms with Gasteiger partial charge in [-0.2, -0.15) is 0 Å². The number of nitrogens with zero attached hydrogens (tertiary/aromatic N) is 1.